The highest BCUT2D eigenvalue weighted by atomic mass is 35.5. The second-order valence-electron chi connectivity index (χ2n) is 4.62. The Kier molecular flexibility index (Phi) is 8.35. The summed E-state index contributed by atoms with van der Waals surface area (Å²) in [6.45, 7) is 7.27. The first-order valence-electron chi connectivity index (χ1n) is 6.61. The maximum absolute atomic E-state index is 9.14. The van der Waals surface area contributed by atoms with Gasteiger partial charge in [0.05, 0.1) is 19.8 Å². The first-order valence-corrected chi connectivity index (χ1v) is 7.43. The van der Waals surface area contributed by atoms with Crippen LogP contribution < -0.4 is 5.73 Å². The van der Waals surface area contributed by atoms with E-state index in [1.54, 1.807) is 0 Å². The molecule has 0 unspecified atom stereocenters. The van der Waals surface area contributed by atoms with Gasteiger partial charge in [-0.1, -0.05) is 0 Å². The Hall–Kier alpha value is -0.440. The number of thiazole rings is 1. The van der Waals surface area contributed by atoms with Gasteiger partial charge in [0.15, 0.2) is 5.13 Å². The number of hydrogen-bond acceptors (Lipinski definition) is 7. The van der Waals surface area contributed by atoms with E-state index in [1.807, 2.05) is 6.20 Å². The van der Waals surface area contributed by atoms with Gasteiger partial charge in [-0.25, -0.2) is 4.98 Å². The average molecular weight is 323 g/mol. The van der Waals surface area contributed by atoms with Gasteiger partial charge < -0.3 is 15.6 Å². The smallest absolute Gasteiger partial charge is 0.180 e. The summed E-state index contributed by atoms with van der Waals surface area (Å²) in [5.74, 6) is 0. The molecule has 1 aromatic heterocycles. The molecule has 1 aliphatic heterocycles. The van der Waals surface area contributed by atoms with Crippen LogP contribution in [-0.4, -0.2) is 72.4 Å². The van der Waals surface area contributed by atoms with Gasteiger partial charge in [-0.05, 0) is 0 Å². The minimum Gasteiger partial charge on any atom is -0.395 e. The van der Waals surface area contributed by atoms with Crippen molar-refractivity contribution >= 4 is 28.9 Å². The fourth-order valence-electron chi connectivity index (χ4n) is 2.14. The second kappa shape index (κ2) is 9.49. The fraction of sp³-hybridized carbons (Fsp3) is 0.750. The number of nitrogen functional groups attached to an aromatic ring is 1. The average Bonchev–Trinajstić information content (AvgIpc) is 2.83. The summed E-state index contributed by atoms with van der Waals surface area (Å²) in [4.78, 5) is 9.84. The predicted molar refractivity (Wildman–Crippen MR) is 83.4 cm³/mol. The van der Waals surface area contributed by atoms with Gasteiger partial charge in [-0.15, -0.1) is 23.7 Å². The standard InChI is InChI=1S/C12H22N4O2S.ClH/c13-12-14-9-11(19-12)10-16(3-6-17)2-1-15-4-7-18-8-5-15;/h9,17H,1-8,10H2,(H2,13,14);1H. The van der Waals surface area contributed by atoms with E-state index in [1.165, 1.54) is 11.3 Å². The summed E-state index contributed by atoms with van der Waals surface area (Å²) in [6, 6.07) is 0. The molecule has 0 bridgehead atoms. The number of aliphatic hydroxyl groups is 1. The lowest BCUT2D eigenvalue weighted by Gasteiger charge is -2.29. The highest BCUT2D eigenvalue weighted by molar-refractivity contribution is 7.15. The van der Waals surface area contributed by atoms with E-state index in [-0.39, 0.29) is 19.0 Å². The monoisotopic (exact) mass is 322 g/mol. The van der Waals surface area contributed by atoms with Crippen molar-refractivity contribution in [2.24, 2.45) is 0 Å². The van der Waals surface area contributed by atoms with E-state index in [4.69, 9.17) is 15.6 Å². The van der Waals surface area contributed by atoms with Crippen molar-refractivity contribution in [2.75, 3.05) is 58.3 Å². The first-order chi connectivity index (χ1) is 9.28. The number of nitrogens with two attached hydrogens (primary N) is 1. The van der Waals surface area contributed by atoms with E-state index in [9.17, 15) is 0 Å². The minimum atomic E-state index is 0. The summed E-state index contributed by atoms with van der Waals surface area (Å²) >= 11 is 1.51. The molecule has 1 aromatic rings. The van der Waals surface area contributed by atoms with E-state index < -0.39 is 0 Å². The molecule has 1 saturated heterocycles. The van der Waals surface area contributed by atoms with Crippen LogP contribution in [0.4, 0.5) is 5.13 Å². The Morgan fingerprint density at radius 3 is 2.75 bits per heavy atom. The van der Waals surface area contributed by atoms with Crippen LogP contribution in [0.3, 0.4) is 0 Å². The van der Waals surface area contributed by atoms with Crippen molar-refractivity contribution in [3.8, 4) is 0 Å². The van der Waals surface area contributed by atoms with E-state index in [0.717, 1.165) is 50.8 Å². The summed E-state index contributed by atoms with van der Waals surface area (Å²) in [7, 11) is 0. The Bertz CT molecular complexity index is 374. The molecule has 0 atom stereocenters. The van der Waals surface area contributed by atoms with Crippen LogP contribution in [-0.2, 0) is 11.3 Å². The Balaban J connectivity index is 0.00000200. The van der Waals surface area contributed by atoms with Crippen LogP contribution in [0.2, 0.25) is 0 Å². The summed E-state index contributed by atoms with van der Waals surface area (Å²) in [5.41, 5.74) is 5.64. The largest absolute Gasteiger partial charge is 0.395 e. The lowest BCUT2D eigenvalue weighted by atomic mass is 10.3. The van der Waals surface area contributed by atoms with Gasteiger partial charge in [-0.3, -0.25) is 9.80 Å². The third-order valence-corrected chi connectivity index (χ3v) is 4.01. The number of morpholine rings is 1. The zero-order valence-corrected chi connectivity index (χ0v) is 13.2. The molecule has 0 aromatic carbocycles. The quantitative estimate of drug-likeness (QED) is 0.751. The molecule has 1 aliphatic rings. The Morgan fingerprint density at radius 1 is 1.40 bits per heavy atom. The van der Waals surface area contributed by atoms with Gasteiger partial charge in [-0.2, -0.15) is 0 Å². The molecule has 3 N–H and O–H groups in total. The van der Waals surface area contributed by atoms with E-state index in [0.29, 0.717) is 11.7 Å². The van der Waals surface area contributed by atoms with Crippen molar-refractivity contribution in [1.82, 2.24) is 14.8 Å². The van der Waals surface area contributed by atoms with Gasteiger partial charge in [0, 0.05) is 50.3 Å². The lowest BCUT2D eigenvalue weighted by molar-refractivity contribution is 0.0321. The molecule has 20 heavy (non-hydrogen) atoms. The molecule has 116 valence electrons. The molecule has 6 nitrogen and oxygen atoms in total. The van der Waals surface area contributed by atoms with Crippen LogP contribution in [0.5, 0.6) is 0 Å². The van der Waals surface area contributed by atoms with Crippen molar-refractivity contribution in [3.05, 3.63) is 11.1 Å². The predicted octanol–water partition coefficient (Wildman–Crippen LogP) is 0.274. The maximum Gasteiger partial charge on any atom is 0.180 e. The first kappa shape index (κ1) is 17.6. The highest BCUT2D eigenvalue weighted by Crippen LogP contribution is 2.16. The number of rotatable bonds is 7. The van der Waals surface area contributed by atoms with Gasteiger partial charge in [0.2, 0.25) is 0 Å². The van der Waals surface area contributed by atoms with Gasteiger partial charge in [0.1, 0.15) is 0 Å². The molecule has 0 radical (unpaired) electrons. The zero-order valence-electron chi connectivity index (χ0n) is 11.5. The molecular weight excluding hydrogens is 300 g/mol. The molecule has 0 saturated carbocycles. The van der Waals surface area contributed by atoms with E-state index in [2.05, 4.69) is 14.8 Å². The molecular formula is C12H23ClN4O2S. The number of aromatic nitrogens is 1. The summed E-state index contributed by atoms with van der Waals surface area (Å²) in [6.07, 6.45) is 1.82. The number of anilines is 1. The number of hydrogen-bond donors (Lipinski definition) is 2. The normalized spacial score (nSPS) is 16.3. The topological polar surface area (TPSA) is 74.8 Å². The Labute approximate surface area is 129 Å². The van der Waals surface area contributed by atoms with E-state index >= 15 is 0 Å². The minimum absolute atomic E-state index is 0. The molecule has 2 rings (SSSR count). The van der Waals surface area contributed by atoms with Crippen LogP contribution in [0.25, 0.3) is 0 Å². The van der Waals surface area contributed by atoms with Crippen LogP contribution in [0.15, 0.2) is 6.20 Å². The molecule has 0 aliphatic carbocycles. The van der Waals surface area contributed by atoms with Gasteiger partial charge >= 0.3 is 0 Å². The summed E-state index contributed by atoms with van der Waals surface area (Å²) < 4.78 is 5.34. The molecule has 0 spiro atoms. The van der Waals surface area contributed by atoms with Crippen molar-refractivity contribution < 1.29 is 9.84 Å². The Morgan fingerprint density at radius 2 is 2.15 bits per heavy atom. The van der Waals surface area contributed by atoms with Gasteiger partial charge in [0.25, 0.3) is 0 Å². The SMILES string of the molecule is Cl.Nc1ncc(CN(CCO)CCN2CCOCC2)s1. The molecule has 1 fully saturated rings. The lowest BCUT2D eigenvalue weighted by Crippen LogP contribution is -2.41. The fourth-order valence-corrected chi connectivity index (χ4v) is 2.86. The maximum atomic E-state index is 9.14. The zero-order chi connectivity index (χ0) is 13.5. The number of halogens is 1. The third-order valence-electron chi connectivity index (χ3n) is 3.20. The van der Waals surface area contributed by atoms with Crippen LogP contribution in [0.1, 0.15) is 4.88 Å². The highest BCUT2D eigenvalue weighted by Gasteiger charge is 2.13. The third kappa shape index (κ3) is 5.90. The summed E-state index contributed by atoms with van der Waals surface area (Å²) in [5, 5.41) is 9.75. The van der Waals surface area contributed by atoms with Crippen molar-refractivity contribution in [3.63, 3.8) is 0 Å². The van der Waals surface area contributed by atoms with Crippen molar-refractivity contribution in [2.45, 2.75) is 6.54 Å². The number of ether oxygens (including phenoxy) is 1. The number of nitrogens with zero attached hydrogens (tertiary/aromatic N) is 3. The molecule has 8 heteroatoms. The molecule has 2 heterocycles. The number of aliphatic hydroxyl groups excluding tert-OH is 1. The molecule has 0 amide bonds. The van der Waals surface area contributed by atoms with Crippen LogP contribution in [0, 0.1) is 0 Å². The van der Waals surface area contributed by atoms with Crippen LogP contribution >= 0.6 is 23.7 Å². The van der Waals surface area contributed by atoms with Crippen molar-refractivity contribution in [1.29, 1.82) is 0 Å². The second-order valence-corrected chi connectivity index (χ2v) is 5.77.